The number of amides is 2. The molecule has 3 rings (SSSR count). The molecule has 33 heavy (non-hydrogen) atoms. The van der Waals surface area contributed by atoms with Gasteiger partial charge in [-0.1, -0.05) is 18.2 Å². The van der Waals surface area contributed by atoms with Crippen LogP contribution in [-0.4, -0.2) is 11.0 Å². The van der Waals surface area contributed by atoms with E-state index in [1.807, 2.05) is 0 Å². The second-order valence-corrected chi connectivity index (χ2v) is 7.07. The molecule has 2 N–H and O–H groups in total. The standard InChI is InChI=1S/C22H16F7N3O/c1-12-4-9-16(23)17(11-12)31-20(33)32-18(13-5-7-14(8-6-13)21(24,25)26)19-15(22(27,28)29)3-2-10-30-19/h2-11,18H,1H3,(H2,31,32,33). The number of hydrogen-bond acceptors (Lipinski definition) is 2. The lowest BCUT2D eigenvalue weighted by Crippen LogP contribution is -2.35. The molecule has 0 aliphatic heterocycles. The highest BCUT2D eigenvalue weighted by Crippen LogP contribution is 2.36. The first-order valence-corrected chi connectivity index (χ1v) is 9.39. The Morgan fingerprint density at radius 1 is 0.939 bits per heavy atom. The van der Waals surface area contributed by atoms with E-state index < -0.39 is 47.1 Å². The molecule has 11 heteroatoms. The summed E-state index contributed by atoms with van der Waals surface area (Å²) >= 11 is 0. The number of alkyl halides is 6. The zero-order valence-electron chi connectivity index (χ0n) is 16.9. The van der Waals surface area contributed by atoms with E-state index in [0.29, 0.717) is 17.7 Å². The lowest BCUT2D eigenvalue weighted by atomic mass is 9.98. The fraction of sp³-hybridized carbons (Fsp3) is 0.182. The number of carbonyl (C=O) groups is 1. The molecular weight excluding hydrogens is 455 g/mol. The molecule has 1 heterocycles. The highest BCUT2D eigenvalue weighted by Gasteiger charge is 2.37. The number of hydrogen-bond donors (Lipinski definition) is 2. The number of nitrogens with one attached hydrogen (secondary N) is 2. The number of anilines is 1. The third-order valence-corrected chi connectivity index (χ3v) is 4.63. The minimum atomic E-state index is -4.85. The van der Waals surface area contributed by atoms with E-state index in [1.54, 1.807) is 6.92 Å². The summed E-state index contributed by atoms with van der Waals surface area (Å²) in [6.45, 7) is 1.64. The number of aromatic nitrogens is 1. The predicted octanol–water partition coefficient (Wildman–Crippen LogP) is 6.48. The quantitative estimate of drug-likeness (QED) is 0.428. The zero-order chi connectivity index (χ0) is 24.4. The van der Waals surface area contributed by atoms with Gasteiger partial charge in [-0.2, -0.15) is 26.3 Å². The monoisotopic (exact) mass is 471 g/mol. The van der Waals surface area contributed by atoms with Crippen LogP contribution in [-0.2, 0) is 12.4 Å². The van der Waals surface area contributed by atoms with Crippen molar-refractivity contribution in [3.05, 3.63) is 94.6 Å². The fourth-order valence-electron chi connectivity index (χ4n) is 3.09. The first kappa shape index (κ1) is 24.0. The van der Waals surface area contributed by atoms with E-state index in [0.717, 1.165) is 36.5 Å². The fourth-order valence-corrected chi connectivity index (χ4v) is 3.09. The molecule has 0 bridgehead atoms. The van der Waals surface area contributed by atoms with Crippen molar-refractivity contribution in [2.75, 3.05) is 5.32 Å². The van der Waals surface area contributed by atoms with E-state index in [2.05, 4.69) is 15.6 Å². The lowest BCUT2D eigenvalue weighted by Gasteiger charge is -2.23. The molecule has 0 aliphatic rings. The van der Waals surface area contributed by atoms with E-state index in [9.17, 15) is 35.5 Å². The van der Waals surface area contributed by atoms with Crippen LogP contribution < -0.4 is 10.6 Å². The summed E-state index contributed by atoms with van der Waals surface area (Å²) in [5.41, 5.74) is -2.55. The van der Waals surface area contributed by atoms with E-state index >= 15 is 0 Å². The maximum atomic E-state index is 14.0. The van der Waals surface area contributed by atoms with Crippen molar-refractivity contribution in [1.82, 2.24) is 10.3 Å². The second-order valence-electron chi connectivity index (χ2n) is 7.07. The topological polar surface area (TPSA) is 54.0 Å². The van der Waals surface area contributed by atoms with Crippen LogP contribution in [0.3, 0.4) is 0 Å². The van der Waals surface area contributed by atoms with Gasteiger partial charge >= 0.3 is 18.4 Å². The van der Waals surface area contributed by atoms with Gasteiger partial charge in [0.05, 0.1) is 28.6 Å². The largest absolute Gasteiger partial charge is 0.418 e. The molecule has 174 valence electrons. The van der Waals surface area contributed by atoms with Gasteiger partial charge in [-0.15, -0.1) is 0 Å². The number of benzene rings is 2. The van der Waals surface area contributed by atoms with Gasteiger partial charge in [-0.25, -0.2) is 9.18 Å². The van der Waals surface area contributed by atoms with Crippen LogP contribution in [0.4, 0.5) is 41.2 Å². The van der Waals surface area contributed by atoms with Gasteiger partial charge in [0.15, 0.2) is 0 Å². The second kappa shape index (κ2) is 9.08. The van der Waals surface area contributed by atoms with Crippen LogP contribution in [0, 0.1) is 12.7 Å². The molecule has 1 aromatic heterocycles. The molecule has 0 aliphatic carbocycles. The van der Waals surface area contributed by atoms with Crippen molar-refractivity contribution >= 4 is 11.7 Å². The number of halogens is 7. The van der Waals surface area contributed by atoms with Crippen LogP contribution in [0.5, 0.6) is 0 Å². The number of urea groups is 1. The van der Waals surface area contributed by atoms with E-state index in [1.165, 1.54) is 12.1 Å². The van der Waals surface area contributed by atoms with Gasteiger partial charge in [-0.3, -0.25) is 4.98 Å². The maximum Gasteiger partial charge on any atom is 0.418 e. The molecule has 1 unspecified atom stereocenters. The molecule has 2 aromatic carbocycles. The predicted molar refractivity (Wildman–Crippen MR) is 106 cm³/mol. The molecule has 3 aromatic rings. The van der Waals surface area contributed by atoms with Crippen LogP contribution in [0.2, 0.25) is 0 Å². The van der Waals surface area contributed by atoms with Crippen molar-refractivity contribution in [2.24, 2.45) is 0 Å². The molecular formula is C22H16F7N3O. The van der Waals surface area contributed by atoms with Crippen molar-refractivity contribution < 1.29 is 35.5 Å². The van der Waals surface area contributed by atoms with Gasteiger partial charge in [0, 0.05) is 6.20 Å². The summed E-state index contributed by atoms with van der Waals surface area (Å²) < 4.78 is 93.4. The number of pyridine rings is 1. The van der Waals surface area contributed by atoms with Crippen molar-refractivity contribution in [1.29, 1.82) is 0 Å². The Kier molecular flexibility index (Phi) is 6.61. The Morgan fingerprint density at radius 3 is 2.21 bits per heavy atom. The third-order valence-electron chi connectivity index (χ3n) is 4.63. The molecule has 0 saturated heterocycles. The van der Waals surface area contributed by atoms with Crippen LogP contribution in [0.15, 0.2) is 60.8 Å². The third kappa shape index (κ3) is 5.79. The zero-order valence-corrected chi connectivity index (χ0v) is 16.9. The molecule has 1 atom stereocenters. The summed E-state index contributed by atoms with van der Waals surface area (Å²) in [5.74, 6) is -0.782. The van der Waals surface area contributed by atoms with Crippen LogP contribution in [0.25, 0.3) is 0 Å². The van der Waals surface area contributed by atoms with Crippen LogP contribution >= 0.6 is 0 Å². The number of aryl methyl sites for hydroxylation is 1. The Labute approximate surface area is 183 Å². The van der Waals surface area contributed by atoms with Gasteiger partial charge in [0.25, 0.3) is 0 Å². The summed E-state index contributed by atoms with van der Waals surface area (Å²) in [5, 5.41) is 4.46. The normalized spacial score (nSPS) is 12.8. The Bertz CT molecular complexity index is 1140. The van der Waals surface area contributed by atoms with Crippen molar-refractivity contribution in [3.63, 3.8) is 0 Å². The molecule has 4 nitrogen and oxygen atoms in total. The van der Waals surface area contributed by atoms with E-state index in [-0.39, 0.29) is 11.3 Å². The van der Waals surface area contributed by atoms with Crippen molar-refractivity contribution in [2.45, 2.75) is 25.3 Å². The highest BCUT2D eigenvalue weighted by molar-refractivity contribution is 5.90. The van der Waals surface area contributed by atoms with Crippen LogP contribution in [0.1, 0.15) is 34.0 Å². The number of carbonyl (C=O) groups excluding carboxylic acids is 1. The number of nitrogens with zero attached hydrogens (tertiary/aromatic N) is 1. The van der Waals surface area contributed by atoms with Crippen molar-refractivity contribution in [3.8, 4) is 0 Å². The Balaban J connectivity index is 2.01. The van der Waals surface area contributed by atoms with Gasteiger partial charge < -0.3 is 10.6 Å². The minimum absolute atomic E-state index is 0.0907. The summed E-state index contributed by atoms with van der Waals surface area (Å²) in [4.78, 5) is 16.3. The Morgan fingerprint density at radius 2 is 1.61 bits per heavy atom. The smallest absolute Gasteiger partial charge is 0.325 e. The SMILES string of the molecule is Cc1ccc(F)c(NC(=O)NC(c2ccc(C(F)(F)F)cc2)c2ncccc2C(F)(F)F)c1. The molecule has 0 spiro atoms. The Hall–Kier alpha value is -3.63. The molecule has 0 radical (unpaired) electrons. The van der Waals surface area contributed by atoms with E-state index in [4.69, 9.17) is 0 Å². The summed E-state index contributed by atoms with van der Waals surface area (Å²) in [6.07, 6.45) is -8.46. The molecule has 0 fully saturated rings. The number of rotatable bonds is 4. The maximum absolute atomic E-state index is 14.0. The highest BCUT2D eigenvalue weighted by atomic mass is 19.4. The first-order valence-electron chi connectivity index (χ1n) is 9.39. The lowest BCUT2D eigenvalue weighted by molar-refractivity contribution is -0.139. The van der Waals surface area contributed by atoms with Gasteiger partial charge in [0.2, 0.25) is 0 Å². The van der Waals surface area contributed by atoms with Gasteiger partial charge in [-0.05, 0) is 54.4 Å². The van der Waals surface area contributed by atoms with Gasteiger partial charge in [0.1, 0.15) is 5.82 Å². The molecule has 2 amide bonds. The summed E-state index contributed by atoms with van der Waals surface area (Å²) in [6, 6.07) is 6.21. The molecule has 0 saturated carbocycles. The average Bonchev–Trinajstić information content (AvgIpc) is 2.73. The minimum Gasteiger partial charge on any atom is -0.325 e. The first-order chi connectivity index (χ1) is 15.4. The average molecular weight is 471 g/mol. The summed E-state index contributed by atoms with van der Waals surface area (Å²) in [7, 11) is 0.